The minimum Gasteiger partial charge on any atom is -0.368 e. The number of benzene rings is 1. The third-order valence-electron chi connectivity index (χ3n) is 5.19. The summed E-state index contributed by atoms with van der Waals surface area (Å²) in [6, 6.07) is 8.46. The topological polar surface area (TPSA) is 57.9 Å². The molecule has 0 atom stereocenters. The Morgan fingerprint density at radius 1 is 1.11 bits per heavy atom. The molecule has 0 spiro atoms. The van der Waals surface area contributed by atoms with E-state index < -0.39 is 0 Å². The Morgan fingerprint density at radius 2 is 1.82 bits per heavy atom. The van der Waals surface area contributed by atoms with Gasteiger partial charge in [0.2, 0.25) is 0 Å². The van der Waals surface area contributed by atoms with Crippen LogP contribution in [0.3, 0.4) is 0 Å². The second-order valence-corrected chi connectivity index (χ2v) is 8.95. The van der Waals surface area contributed by atoms with E-state index in [1.807, 2.05) is 0 Å². The Bertz CT molecular complexity index is 1070. The molecule has 0 N–H and O–H groups in total. The van der Waals surface area contributed by atoms with Crippen molar-refractivity contribution in [3.05, 3.63) is 63.5 Å². The van der Waals surface area contributed by atoms with Crippen molar-refractivity contribution in [2.24, 2.45) is 0 Å². The number of hydrogen-bond acceptors (Lipinski definition) is 5. The fourth-order valence-corrected chi connectivity index (χ4v) is 4.35. The molecule has 146 valence electrons. The summed E-state index contributed by atoms with van der Waals surface area (Å²) in [6.07, 6.45) is 3.07. The molecule has 7 heteroatoms. The van der Waals surface area contributed by atoms with Crippen molar-refractivity contribution in [3.8, 4) is 0 Å². The number of rotatable bonds is 2. The summed E-state index contributed by atoms with van der Waals surface area (Å²) in [5.74, 6) is -0.234. The van der Waals surface area contributed by atoms with Gasteiger partial charge in [-0.3, -0.25) is 14.0 Å². The second-order valence-electron chi connectivity index (χ2n) is 8.08. The van der Waals surface area contributed by atoms with Gasteiger partial charge in [0.05, 0.1) is 0 Å². The molecule has 1 aliphatic rings. The molecule has 28 heavy (non-hydrogen) atoms. The van der Waals surface area contributed by atoms with Crippen LogP contribution in [-0.2, 0) is 5.41 Å². The zero-order valence-corrected chi connectivity index (χ0v) is 17.2. The van der Waals surface area contributed by atoms with Gasteiger partial charge in [-0.15, -0.1) is 11.3 Å². The lowest BCUT2D eigenvalue weighted by atomic mass is 9.85. The highest BCUT2D eigenvalue weighted by molar-refractivity contribution is 7.15. The van der Waals surface area contributed by atoms with Crippen molar-refractivity contribution in [2.45, 2.75) is 26.2 Å². The second kappa shape index (κ2) is 7.05. The minimum atomic E-state index is -0.295. The average molecular weight is 397 g/mol. The molecular formula is C21H24N4O2S. The van der Waals surface area contributed by atoms with Crippen LogP contribution in [0.1, 0.15) is 36.7 Å². The highest BCUT2D eigenvalue weighted by atomic mass is 32.1. The lowest BCUT2D eigenvalue weighted by molar-refractivity contribution is 0.0744. The van der Waals surface area contributed by atoms with E-state index in [-0.39, 0.29) is 22.4 Å². The van der Waals surface area contributed by atoms with Gasteiger partial charge in [-0.05, 0) is 17.0 Å². The molecule has 1 aromatic carbocycles. The quantitative estimate of drug-likeness (QED) is 0.668. The Labute approximate surface area is 168 Å². The van der Waals surface area contributed by atoms with Crippen LogP contribution in [0, 0.1) is 0 Å². The number of para-hydroxylation sites is 1. The first-order valence-corrected chi connectivity index (χ1v) is 10.3. The minimum absolute atomic E-state index is 0.0554. The number of carbonyl (C=O) groups excluding carboxylic acids is 1. The number of thiazole rings is 1. The van der Waals surface area contributed by atoms with Gasteiger partial charge >= 0.3 is 0 Å². The molecule has 1 saturated heterocycles. The van der Waals surface area contributed by atoms with Crippen LogP contribution in [0.2, 0.25) is 0 Å². The monoisotopic (exact) mass is 396 g/mol. The Hall–Kier alpha value is -2.67. The molecule has 3 heterocycles. The van der Waals surface area contributed by atoms with E-state index in [2.05, 4.69) is 54.9 Å². The fraction of sp³-hybridized carbons (Fsp3) is 0.381. The van der Waals surface area contributed by atoms with Crippen molar-refractivity contribution in [1.29, 1.82) is 0 Å². The SMILES string of the molecule is CC(C)(C)c1ccccc1N1CCN(C(=O)c2cnc3sccn3c2=O)CC1. The highest BCUT2D eigenvalue weighted by Gasteiger charge is 2.27. The van der Waals surface area contributed by atoms with E-state index in [1.54, 1.807) is 16.5 Å². The maximum absolute atomic E-state index is 12.9. The summed E-state index contributed by atoms with van der Waals surface area (Å²) >= 11 is 1.38. The predicted octanol–water partition coefficient (Wildman–Crippen LogP) is 3.02. The van der Waals surface area contributed by atoms with Crippen LogP contribution >= 0.6 is 11.3 Å². The molecule has 1 aliphatic heterocycles. The van der Waals surface area contributed by atoms with E-state index in [1.165, 1.54) is 33.2 Å². The van der Waals surface area contributed by atoms with Gasteiger partial charge in [0.25, 0.3) is 11.5 Å². The van der Waals surface area contributed by atoms with Crippen LogP contribution in [0.25, 0.3) is 4.96 Å². The zero-order valence-electron chi connectivity index (χ0n) is 16.4. The first-order chi connectivity index (χ1) is 13.4. The standard InChI is InChI=1S/C21H24N4O2S/c1-21(2,3)16-6-4-5-7-17(16)23-8-10-24(11-9-23)18(26)15-14-22-20-25(19(15)27)12-13-28-20/h4-7,12-14H,8-11H2,1-3H3. The fourth-order valence-electron chi connectivity index (χ4n) is 3.68. The predicted molar refractivity (Wildman–Crippen MR) is 113 cm³/mol. The maximum atomic E-state index is 12.9. The molecule has 3 aromatic rings. The first-order valence-electron chi connectivity index (χ1n) is 9.45. The van der Waals surface area contributed by atoms with Gasteiger partial charge in [-0.25, -0.2) is 4.98 Å². The van der Waals surface area contributed by atoms with Crippen molar-refractivity contribution in [2.75, 3.05) is 31.1 Å². The summed E-state index contributed by atoms with van der Waals surface area (Å²) < 4.78 is 1.44. The summed E-state index contributed by atoms with van der Waals surface area (Å²) in [6.45, 7) is 9.31. The van der Waals surface area contributed by atoms with Crippen LogP contribution < -0.4 is 10.5 Å². The lowest BCUT2D eigenvalue weighted by Crippen LogP contribution is -2.50. The number of nitrogens with zero attached hydrogens (tertiary/aromatic N) is 4. The van der Waals surface area contributed by atoms with Crippen molar-refractivity contribution < 1.29 is 4.79 Å². The number of amides is 1. The average Bonchev–Trinajstić information content (AvgIpc) is 3.17. The molecule has 6 nitrogen and oxygen atoms in total. The Balaban J connectivity index is 1.52. The zero-order chi connectivity index (χ0) is 19.9. The molecule has 0 radical (unpaired) electrons. The van der Waals surface area contributed by atoms with E-state index >= 15 is 0 Å². The Kier molecular flexibility index (Phi) is 4.71. The molecule has 0 bridgehead atoms. The highest BCUT2D eigenvalue weighted by Crippen LogP contribution is 2.32. The van der Waals surface area contributed by atoms with Crippen LogP contribution in [0.5, 0.6) is 0 Å². The normalized spacial score (nSPS) is 15.2. The van der Waals surface area contributed by atoms with Crippen LogP contribution in [0.4, 0.5) is 5.69 Å². The summed E-state index contributed by atoms with van der Waals surface area (Å²) in [5.41, 5.74) is 2.43. The number of hydrogen-bond donors (Lipinski definition) is 0. The molecule has 4 rings (SSSR count). The number of carbonyl (C=O) groups is 1. The van der Waals surface area contributed by atoms with Crippen molar-refractivity contribution in [1.82, 2.24) is 14.3 Å². The summed E-state index contributed by atoms with van der Waals surface area (Å²) in [7, 11) is 0. The summed E-state index contributed by atoms with van der Waals surface area (Å²) in [4.78, 5) is 34.4. The van der Waals surface area contributed by atoms with Gasteiger partial charge in [0, 0.05) is 49.6 Å². The van der Waals surface area contributed by atoms with E-state index in [0.29, 0.717) is 18.1 Å². The molecule has 0 aliphatic carbocycles. The van der Waals surface area contributed by atoms with Gasteiger partial charge in [0.15, 0.2) is 4.96 Å². The van der Waals surface area contributed by atoms with Gasteiger partial charge in [0.1, 0.15) is 5.56 Å². The molecule has 0 saturated carbocycles. The molecular weight excluding hydrogens is 372 g/mol. The molecule has 1 amide bonds. The molecule has 1 fully saturated rings. The van der Waals surface area contributed by atoms with E-state index in [0.717, 1.165) is 13.1 Å². The number of anilines is 1. The third-order valence-corrected chi connectivity index (χ3v) is 5.96. The van der Waals surface area contributed by atoms with Gasteiger partial charge < -0.3 is 9.80 Å². The summed E-state index contributed by atoms with van der Waals surface area (Å²) in [5, 5.41) is 1.80. The van der Waals surface area contributed by atoms with Crippen LogP contribution in [-0.4, -0.2) is 46.4 Å². The lowest BCUT2D eigenvalue weighted by Gasteiger charge is -2.38. The number of aromatic nitrogens is 2. The van der Waals surface area contributed by atoms with Gasteiger partial charge in [-0.2, -0.15) is 0 Å². The van der Waals surface area contributed by atoms with Crippen molar-refractivity contribution in [3.63, 3.8) is 0 Å². The molecule has 0 unspecified atom stereocenters. The maximum Gasteiger partial charge on any atom is 0.271 e. The third kappa shape index (κ3) is 3.30. The van der Waals surface area contributed by atoms with Crippen molar-refractivity contribution >= 4 is 27.9 Å². The van der Waals surface area contributed by atoms with Crippen LogP contribution in [0.15, 0.2) is 46.8 Å². The first kappa shape index (κ1) is 18.7. The van der Waals surface area contributed by atoms with E-state index in [4.69, 9.17) is 0 Å². The molecule has 2 aromatic heterocycles. The smallest absolute Gasteiger partial charge is 0.271 e. The van der Waals surface area contributed by atoms with E-state index in [9.17, 15) is 9.59 Å². The Morgan fingerprint density at radius 3 is 2.54 bits per heavy atom. The largest absolute Gasteiger partial charge is 0.368 e. The number of piperazine rings is 1. The van der Waals surface area contributed by atoms with Gasteiger partial charge in [-0.1, -0.05) is 39.0 Å². The number of fused-ring (bicyclic) bond motifs is 1.